The van der Waals surface area contributed by atoms with Crippen LogP contribution in [0, 0.1) is 0 Å². The van der Waals surface area contributed by atoms with Crippen LogP contribution in [-0.4, -0.2) is 33.3 Å². The fourth-order valence-electron chi connectivity index (χ4n) is 2.79. The number of hydrogen-bond donors (Lipinski definition) is 1. The minimum Gasteiger partial charge on any atom is -0.466 e. The zero-order valence-electron chi connectivity index (χ0n) is 12.5. The number of furan rings is 1. The zero-order chi connectivity index (χ0) is 16.0. The Balaban J connectivity index is 1.94. The maximum atomic E-state index is 12.3. The number of carbonyl (C=O) groups excluding carboxylic acids is 1. The van der Waals surface area contributed by atoms with Crippen molar-refractivity contribution in [2.24, 2.45) is 0 Å². The lowest BCUT2D eigenvalue weighted by atomic mass is 10.0. The lowest BCUT2D eigenvalue weighted by Gasteiger charge is -2.25. The summed E-state index contributed by atoms with van der Waals surface area (Å²) in [6.07, 6.45) is 0. The van der Waals surface area contributed by atoms with Gasteiger partial charge < -0.3 is 14.5 Å². The Labute approximate surface area is 130 Å². The highest BCUT2D eigenvalue weighted by molar-refractivity contribution is 5.92. The molecule has 8 nitrogen and oxygen atoms in total. The summed E-state index contributed by atoms with van der Waals surface area (Å²) in [4.78, 5) is 12.3. The van der Waals surface area contributed by atoms with E-state index < -0.39 is 12.0 Å². The van der Waals surface area contributed by atoms with Crippen LogP contribution in [0.15, 0.2) is 46.0 Å². The number of aromatic nitrogens is 4. The van der Waals surface area contributed by atoms with E-state index in [1.54, 1.807) is 6.92 Å². The van der Waals surface area contributed by atoms with Gasteiger partial charge in [-0.1, -0.05) is 23.3 Å². The van der Waals surface area contributed by atoms with Gasteiger partial charge in [0.25, 0.3) is 0 Å². The van der Waals surface area contributed by atoms with Gasteiger partial charge >= 0.3 is 5.97 Å². The number of carbonyl (C=O) groups is 1. The summed E-state index contributed by atoms with van der Waals surface area (Å²) in [5, 5.41) is 15.5. The standard InChI is InChI=1S/C15H13N5O3/c1-8-12(14(21)22-2)13(20-15(16-8)17-18-19-20)11-7-9-5-3-4-6-10(9)23-11/h3-7,13H,1-2H3,(H,16,17,19)/t13-/m0/s1. The van der Waals surface area contributed by atoms with E-state index in [1.807, 2.05) is 30.3 Å². The van der Waals surface area contributed by atoms with Crippen LogP contribution >= 0.6 is 0 Å². The van der Waals surface area contributed by atoms with Crippen LogP contribution in [0.2, 0.25) is 0 Å². The topological polar surface area (TPSA) is 95.1 Å². The van der Waals surface area contributed by atoms with E-state index in [0.717, 1.165) is 11.0 Å². The highest BCUT2D eigenvalue weighted by atomic mass is 16.5. The molecule has 116 valence electrons. The summed E-state index contributed by atoms with van der Waals surface area (Å²) >= 11 is 0. The number of tetrazole rings is 1. The molecule has 0 radical (unpaired) electrons. The Morgan fingerprint density at radius 2 is 2.22 bits per heavy atom. The van der Waals surface area contributed by atoms with Crippen molar-refractivity contribution >= 4 is 22.9 Å². The van der Waals surface area contributed by atoms with Gasteiger partial charge in [-0.25, -0.2) is 4.79 Å². The Bertz CT molecular complexity index is 906. The Hall–Kier alpha value is -3.16. The number of hydrogen-bond acceptors (Lipinski definition) is 7. The molecule has 1 aliphatic heterocycles. The molecule has 0 aliphatic carbocycles. The second-order valence-corrected chi connectivity index (χ2v) is 5.19. The molecule has 2 aromatic heterocycles. The molecule has 0 saturated heterocycles. The van der Waals surface area contributed by atoms with Crippen molar-refractivity contribution in [1.82, 2.24) is 20.2 Å². The Kier molecular flexibility index (Phi) is 2.90. The second-order valence-electron chi connectivity index (χ2n) is 5.19. The zero-order valence-corrected chi connectivity index (χ0v) is 12.5. The summed E-state index contributed by atoms with van der Waals surface area (Å²) < 4.78 is 12.3. The molecule has 1 atom stereocenters. The molecule has 8 heteroatoms. The van der Waals surface area contributed by atoms with Gasteiger partial charge in [-0.3, -0.25) is 0 Å². The first-order valence-corrected chi connectivity index (χ1v) is 7.01. The average molecular weight is 311 g/mol. The van der Waals surface area contributed by atoms with Gasteiger partial charge in [-0.15, -0.1) is 0 Å². The fraction of sp³-hybridized carbons (Fsp3) is 0.200. The highest BCUT2D eigenvalue weighted by Gasteiger charge is 2.36. The van der Waals surface area contributed by atoms with Crippen molar-refractivity contribution in [2.75, 3.05) is 12.4 Å². The van der Waals surface area contributed by atoms with E-state index in [-0.39, 0.29) is 0 Å². The van der Waals surface area contributed by atoms with Crippen molar-refractivity contribution in [1.29, 1.82) is 0 Å². The number of nitrogens with one attached hydrogen (secondary N) is 1. The molecule has 0 bridgehead atoms. The molecule has 0 fully saturated rings. The Morgan fingerprint density at radius 3 is 3.00 bits per heavy atom. The summed E-state index contributed by atoms with van der Waals surface area (Å²) in [7, 11) is 1.34. The molecule has 3 aromatic rings. The monoisotopic (exact) mass is 311 g/mol. The van der Waals surface area contributed by atoms with Crippen LogP contribution in [0.4, 0.5) is 5.95 Å². The van der Waals surface area contributed by atoms with E-state index in [0.29, 0.717) is 23.0 Å². The number of fused-ring (bicyclic) bond motifs is 2. The summed E-state index contributed by atoms with van der Waals surface area (Å²) in [5.74, 6) is 0.559. The molecule has 3 heterocycles. The molecule has 23 heavy (non-hydrogen) atoms. The van der Waals surface area contributed by atoms with Crippen molar-refractivity contribution in [2.45, 2.75) is 13.0 Å². The number of benzene rings is 1. The van der Waals surface area contributed by atoms with Crippen LogP contribution in [0.5, 0.6) is 0 Å². The van der Waals surface area contributed by atoms with Crippen LogP contribution in [0.25, 0.3) is 11.0 Å². The van der Waals surface area contributed by atoms with Gasteiger partial charge in [0.1, 0.15) is 17.4 Å². The minimum atomic E-state index is -0.582. The molecule has 0 spiro atoms. The van der Waals surface area contributed by atoms with Crippen LogP contribution in [0.3, 0.4) is 0 Å². The van der Waals surface area contributed by atoms with Gasteiger partial charge in [-0.2, -0.15) is 4.68 Å². The normalized spacial score (nSPS) is 17.0. The maximum Gasteiger partial charge on any atom is 0.338 e. The molecule has 1 aromatic carbocycles. The fourth-order valence-corrected chi connectivity index (χ4v) is 2.79. The predicted molar refractivity (Wildman–Crippen MR) is 80.5 cm³/mol. The molecule has 0 amide bonds. The lowest BCUT2D eigenvalue weighted by molar-refractivity contribution is -0.136. The first-order valence-electron chi connectivity index (χ1n) is 7.01. The number of para-hydroxylation sites is 1. The molecule has 4 rings (SSSR count). The summed E-state index contributed by atoms with van der Waals surface area (Å²) in [6, 6.07) is 8.93. The number of rotatable bonds is 2. The van der Waals surface area contributed by atoms with Crippen molar-refractivity contribution < 1.29 is 13.9 Å². The van der Waals surface area contributed by atoms with E-state index in [4.69, 9.17) is 9.15 Å². The predicted octanol–water partition coefficient (Wildman–Crippen LogP) is 1.88. The Morgan fingerprint density at radius 1 is 1.39 bits per heavy atom. The summed E-state index contributed by atoms with van der Waals surface area (Å²) in [6.45, 7) is 1.78. The lowest BCUT2D eigenvalue weighted by Crippen LogP contribution is -2.29. The van der Waals surface area contributed by atoms with Crippen LogP contribution in [0.1, 0.15) is 18.7 Å². The number of ether oxygens (including phenoxy) is 1. The number of allylic oxidation sites excluding steroid dienone is 1. The maximum absolute atomic E-state index is 12.3. The largest absolute Gasteiger partial charge is 0.466 e. The molecule has 0 unspecified atom stereocenters. The van der Waals surface area contributed by atoms with Gasteiger partial charge in [0.15, 0.2) is 0 Å². The average Bonchev–Trinajstić information content (AvgIpc) is 3.18. The van der Waals surface area contributed by atoms with Crippen molar-refractivity contribution in [3.8, 4) is 0 Å². The SMILES string of the molecule is COC(=O)C1=C(C)Nc2nnnn2[C@H]1c1cc2ccccc2o1. The van der Waals surface area contributed by atoms with Crippen molar-refractivity contribution in [3.63, 3.8) is 0 Å². The number of esters is 1. The van der Waals surface area contributed by atoms with Gasteiger partial charge in [0.05, 0.1) is 12.7 Å². The van der Waals surface area contributed by atoms with Gasteiger partial charge in [0.2, 0.25) is 5.95 Å². The quantitative estimate of drug-likeness (QED) is 0.722. The molecule has 1 N–H and O–H groups in total. The number of nitrogens with zero attached hydrogens (tertiary/aromatic N) is 4. The smallest absolute Gasteiger partial charge is 0.338 e. The highest BCUT2D eigenvalue weighted by Crippen LogP contribution is 2.37. The molecule has 1 aliphatic rings. The third-order valence-corrected chi connectivity index (χ3v) is 3.83. The number of anilines is 1. The first kappa shape index (κ1) is 13.5. The molecular formula is C15H13N5O3. The summed E-state index contributed by atoms with van der Waals surface area (Å²) in [5.41, 5.74) is 1.77. The van der Waals surface area contributed by atoms with E-state index in [1.165, 1.54) is 11.8 Å². The second kappa shape index (κ2) is 4.94. The first-order chi connectivity index (χ1) is 11.2. The minimum absolute atomic E-state index is 0.409. The van der Waals surface area contributed by atoms with Gasteiger partial charge in [0, 0.05) is 11.1 Å². The molecular weight excluding hydrogens is 298 g/mol. The van der Waals surface area contributed by atoms with Crippen LogP contribution < -0.4 is 5.32 Å². The number of methoxy groups -OCH3 is 1. The van der Waals surface area contributed by atoms with Gasteiger partial charge in [-0.05, 0) is 29.5 Å². The molecule has 0 saturated carbocycles. The van der Waals surface area contributed by atoms with Crippen LogP contribution in [-0.2, 0) is 9.53 Å². The van der Waals surface area contributed by atoms with E-state index in [2.05, 4.69) is 20.8 Å². The third-order valence-electron chi connectivity index (χ3n) is 3.83. The van der Waals surface area contributed by atoms with E-state index in [9.17, 15) is 4.79 Å². The van der Waals surface area contributed by atoms with Crippen molar-refractivity contribution in [3.05, 3.63) is 47.4 Å². The van der Waals surface area contributed by atoms with E-state index >= 15 is 0 Å². The third kappa shape index (κ3) is 1.99.